The predicted octanol–water partition coefficient (Wildman–Crippen LogP) is 25.0. The van der Waals surface area contributed by atoms with Crippen molar-refractivity contribution in [2.45, 2.75) is 7.43 Å². The molecular formula is C87H52. The smallest absolute Gasteiger partial charge is 0.000718 e. The van der Waals surface area contributed by atoms with E-state index in [4.69, 9.17) is 0 Å². The second kappa shape index (κ2) is 17.9. The van der Waals surface area contributed by atoms with Crippen molar-refractivity contribution in [3.05, 3.63) is 291 Å². The van der Waals surface area contributed by atoms with E-state index in [2.05, 4.69) is 291 Å². The molecule has 0 heteroatoms. The second-order valence-corrected chi connectivity index (χ2v) is 23.9. The van der Waals surface area contributed by atoms with Crippen LogP contribution in [0.15, 0.2) is 291 Å². The molecule has 0 saturated heterocycles. The molecule has 400 valence electrons. The minimum atomic E-state index is 0. The van der Waals surface area contributed by atoms with Crippen molar-refractivity contribution in [2.75, 3.05) is 0 Å². The molecule has 0 fully saturated rings. The maximum atomic E-state index is 2.57. The monoisotopic (exact) mass is 1100 g/mol. The van der Waals surface area contributed by atoms with Crippen LogP contribution in [-0.4, -0.2) is 0 Å². The van der Waals surface area contributed by atoms with Gasteiger partial charge in [0, 0.05) is 0 Å². The quantitative estimate of drug-likeness (QED) is 0.115. The first-order valence-corrected chi connectivity index (χ1v) is 30.2. The Morgan fingerprint density at radius 3 is 1.01 bits per heavy atom. The Labute approximate surface area is 503 Å². The van der Waals surface area contributed by atoms with Crippen LogP contribution in [0.2, 0.25) is 0 Å². The summed E-state index contributed by atoms with van der Waals surface area (Å²) in [6.45, 7) is 0. The topological polar surface area (TPSA) is 0 Å². The molecular weight excluding hydrogens is 1040 g/mol. The normalized spacial score (nSPS) is 12.3. The minimum Gasteiger partial charge on any atom is -0.0776 e. The lowest BCUT2D eigenvalue weighted by atomic mass is 9.81. The fraction of sp³-hybridized carbons (Fsp3) is 0.0115. The van der Waals surface area contributed by atoms with Gasteiger partial charge in [0.1, 0.15) is 0 Å². The van der Waals surface area contributed by atoms with E-state index in [9.17, 15) is 0 Å². The van der Waals surface area contributed by atoms with E-state index < -0.39 is 0 Å². The molecule has 1 aliphatic rings. The SMILES string of the molecule is C.c1ccc(-c2ccccc2-c2c3c(c(-c4ccccc4)c4ccccc24)-c2ccc4c5ccc6c7c(-c8ccccc8-c8ccccc8)c8cc9c(cc8c(-c8ccccc8)c7c7ccc(c8ccc-3c2c84)c5c76)c2cccc3cccc9c32)cc1. The van der Waals surface area contributed by atoms with Gasteiger partial charge < -0.3 is 0 Å². The summed E-state index contributed by atoms with van der Waals surface area (Å²) in [4.78, 5) is 0. The van der Waals surface area contributed by atoms with Crippen molar-refractivity contribution in [3.8, 4) is 89.0 Å². The molecule has 0 spiro atoms. The number of fused-ring (bicyclic) bond motifs is 13. The number of hydrogen-bond acceptors (Lipinski definition) is 0. The molecule has 0 heterocycles. The molecule has 0 aliphatic heterocycles. The van der Waals surface area contributed by atoms with E-state index in [0.29, 0.717) is 0 Å². The van der Waals surface area contributed by atoms with Gasteiger partial charge in [0.05, 0.1) is 0 Å². The van der Waals surface area contributed by atoms with Gasteiger partial charge in [0.15, 0.2) is 0 Å². The standard InChI is InChI=1S/C86H48.CH4/c1-5-21-49(22-6-1)54-31-13-15-33-56(54)79-59-36-18-17-35-58(59)75(52-25-9-3-10-26-52)83-66-43-39-62-65-42-46-69-82-67(44-40-63(78(65)82)64-41-45-68(85(79)83)81(66)77(62)64)84-76(53-27-11-4-12-28-53)72-47-70-60-37-19-29-51-30-20-38-61(74(51)60)71(70)48-73(72)80(86(69)84)57-34-16-14-32-55(57)50-23-7-2-8-24-50;/h1-48H;1H4. The largest absolute Gasteiger partial charge is 0.0776 e. The van der Waals surface area contributed by atoms with Crippen LogP contribution in [-0.2, 0) is 0 Å². The van der Waals surface area contributed by atoms with Crippen molar-refractivity contribution in [1.29, 1.82) is 0 Å². The van der Waals surface area contributed by atoms with Gasteiger partial charge in [-0.2, -0.15) is 0 Å². The molecule has 0 unspecified atom stereocenters. The maximum absolute atomic E-state index is 2.57. The average molecular weight is 1100 g/mol. The molecule has 20 rings (SSSR count). The third-order valence-electron chi connectivity index (χ3n) is 19.8. The zero-order chi connectivity index (χ0) is 55.9. The summed E-state index contributed by atoms with van der Waals surface area (Å²) in [7, 11) is 0. The number of rotatable bonds is 6. The summed E-state index contributed by atoms with van der Waals surface area (Å²) in [5, 5.41) is 28.7. The van der Waals surface area contributed by atoms with Gasteiger partial charge in [-0.3, -0.25) is 0 Å². The Kier molecular flexibility index (Phi) is 9.93. The highest BCUT2D eigenvalue weighted by Gasteiger charge is 2.34. The predicted molar refractivity (Wildman–Crippen MR) is 376 cm³/mol. The molecule has 87 heavy (non-hydrogen) atoms. The fourth-order valence-electron chi connectivity index (χ4n) is 16.5. The van der Waals surface area contributed by atoms with Crippen LogP contribution in [0.5, 0.6) is 0 Å². The van der Waals surface area contributed by atoms with E-state index in [1.807, 2.05) is 0 Å². The van der Waals surface area contributed by atoms with Crippen LogP contribution >= 0.6 is 0 Å². The van der Waals surface area contributed by atoms with Crippen molar-refractivity contribution < 1.29 is 0 Å². The number of hydrogen-bond donors (Lipinski definition) is 0. The lowest BCUT2D eigenvalue weighted by Gasteiger charge is -2.22. The average Bonchev–Trinajstić information content (AvgIpc) is 1.57. The van der Waals surface area contributed by atoms with Crippen LogP contribution in [0.3, 0.4) is 0 Å². The summed E-state index contributed by atoms with van der Waals surface area (Å²) in [6.07, 6.45) is 0. The summed E-state index contributed by atoms with van der Waals surface area (Å²) in [5.41, 5.74) is 20.2. The third kappa shape index (κ3) is 6.36. The first-order chi connectivity index (χ1) is 42.7. The van der Waals surface area contributed by atoms with Crippen LogP contribution in [0.4, 0.5) is 0 Å². The zero-order valence-electron chi connectivity index (χ0n) is 46.7. The molecule has 0 nitrogen and oxygen atoms in total. The highest BCUT2D eigenvalue weighted by atomic mass is 14.4. The van der Waals surface area contributed by atoms with Crippen LogP contribution in [0.1, 0.15) is 7.43 Å². The van der Waals surface area contributed by atoms with Gasteiger partial charge >= 0.3 is 0 Å². The highest BCUT2D eigenvalue weighted by Crippen LogP contribution is 2.62. The van der Waals surface area contributed by atoms with E-state index >= 15 is 0 Å². The van der Waals surface area contributed by atoms with Crippen LogP contribution in [0.25, 0.3) is 208 Å². The van der Waals surface area contributed by atoms with Gasteiger partial charge in [-0.25, -0.2) is 0 Å². The zero-order valence-corrected chi connectivity index (χ0v) is 46.7. The molecule has 0 radical (unpaired) electrons. The summed E-state index contributed by atoms with van der Waals surface area (Å²) in [6, 6.07) is 110. The molecule has 0 atom stereocenters. The third-order valence-corrected chi connectivity index (χ3v) is 19.8. The second-order valence-electron chi connectivity index (χ2n) is 23.9. The summed E-state index contributed by atoms with van der Waals surface area (Å²) >= 11 is 0. The van der Waals surface area contributed by atoms with E-state index in [0.717, 1.165) is 0 Å². The van der Waals surface area contributed by atoms with E-state index in [1.54, 1.807) is 0 Å². The van der Waals surface area contributed by atoms with Crippen LogP contribution in [0, 0.1) is 0 Å². The Bertz CT molecular complexity index is 6050. The Balaban J connectivity index is 0.00000551. The highest BCUT2D eigenvalue weighted by molar-refractivity contribution is 6.48. The van der Waals surface area contributed by atoms with E-state index in [-0.39, 0.29) is 7.43 Å². The lowest BCUT2D eigenvalue weighted by Crippen LogP contribution is -1.95. The van der Waals surface area contributed by atoms with Crippen molar-refractivity contribution in [3.63, 3.8) is 0 Å². The lowest BCUT2D eigenvalue weighted by molar-refractivity contribution is 1.59. The van der Waals surface area contributed by atoms with Crippen molar-refractivity contribution in [2.24, 2.45) is 0 Å². The van der Waals surface area contributed by atoms with E-state index in [1.165, 1.54) is 208 Å². The molecule has 1 aliphatic carbocycles. The fourth-order valence-corrected chi connectivity index (χ4v) is 16.5. The summed E-state index contributed by atoms with van der Waals surface area (Å²) < 4.78 is 0. The van der Waals surface area contributed by atoms with Gasteiger partial charge in [0.25, 0.3) is 0 Å². The Morgan fingerprint density at radius 2 is 0.483 bits per heavy atom. The maximum Gasteiger partial charge on any atom is -0.000718 e. The van der Waals surface area contributed by atoms with Crippen molar-refractivity contribution in [1.82, 2.24) is 0 Å². The van der Waals surface area contributed by atoms with Gasteiger partial charge in [0.2, 0.25) is 0 Å². The molecule has 19 aromatic rings. The van der Waals surface area contributed by atoms with Gasteiger partial charge in [-0.1, -0.05) is 286 Å². The molecule has 0 aromatic heterocycles. The van der Waals surface area contributed by atoms with Crippen LogP contribution < -0.4 is 0 Å². The first kappa shape index (κ1) is 48.2. The van der Waals surface area contributed by atoms with Gasteiger partial charge in [-0.05, 0) is 220 Å². The summed E-state index contributed by atoms with van der Waals surface area (Å²) in [5.74, 6) is 0. The molecule has 0 amide bonds. The van der Waals surface area contributed by atoms with Crippen molar-refractivity contribution >= 4 is 118 Å². The number of benzene rings is 17. The minimum absolute atomic E-state index is 0. The molecule has 19 aromatic carbocycles. The Hall–Kier alpha value is -11.2. The van der Waals surface area contributed by atoms with Gasteiger partial charge in [-0.15, -0.1) is 0 Å². The molecule has 0 bridgehead atoms. The molecule has 0 saturated carbocycles. The molecule has 0 N–H and O–H groups in total. The Morgan fingerprint density at radius 1 is 0.138 bits per heavy atom. The first-order valence-electron chi connectivity index (χ1n) is 30.2.